The van der Waals surface area contributed by atoms with Crippen LogP contribution >= 0.6 is 0 Å². The molecule has 2 unspecified atom stereocenters. The molecule has 28 heavy (non-hydrogen) atoms. The van der Waals surface area contributed by atoms with Gasteiger partial charge in [-0.05, 0) is 50.3 Å². The van der Waals surface area contributed by atoms with Crippen molar-refractivity contribution in [2.24, 2.45) is 4.99 Å². The lowest BCUT2D eigenvalue weighted by Gasteiger charge is -2.42. The Bertz CT molecular complexity index is 669. The Morgan fingerprint density at radius 3 is 2.61 bits per heavy atom. The Morgan fingerprint density at radius 2 is 1.96 bits per heavy atom. The number of guanidine groups is 1. The molecule has 1 N–H and O–H groups in total. The molecule has 1 aromatic carbocycles. The summed E-state index contributed by atoms with van der Waals surface area (Å²) in [5.74, 6) is 0.783. The highest BCUT2D eigenvalue weighted by atomic mass is 19.1. The van der Waals surface area contributed by atoms with Crippen LogP contribution in [0.3, 0.4) is 0 Å². The summed E-state index contributed by atoms with van der Waals surface area (Å²) in [5, 5.41) is 3.46. The van der Waals surface area contributed by atoms with Gasteiger partial charge in [-0.25, -0.2) is 4.39 Å². The summed E-state index contributed by atoms with van der Waals surface area (Å²) in [7, 11) is 0. The molecule has 0 radical (unpaired) electrons. The maximum absolute atomic E-state index is 13.4. The molecule has 0 bridgehead atoms. The van der Waals surface area contributed by atoms with Crippen LogP contribution in [0.15, 0.2) is 29.3 Å². The van der Waals surface area contributed by atoms with Crippen LogP contribution in [0.5, 0.6) is 0 Å². The lowest BCUT2D eigenvalue weighted by atomic mass is 9.64. The van der Waals surface area contributed by atoms with Crippen LogP contribution in [-0.2, 0) is 14.9 Å². The van der Waals surface area contributed by atoms with E-state index in [-0.39, 0.29) is 23.4 Å². The van der Waals surface area contributed by atoms with Gasteiger partial charge in [-0.15, -0.1) is 0 Å². The molecule has 4 rings (SSSR count). The van der Waals surface area contributed by atoms with Crippen molar-refractivity contribution < 1.29 is 13.9 Å². The Labute approximate surface area is 167 Å². The van der Waals surface area contributed by atoms with E-state index in [1.54, 1.807) is 12.1 Å². The number of morpholine rings is 1. The molecular formula is C22H32FN3O2. The van der Waals surface area contributed by atoms with Crippen molar-refractivity contribution in [3.8, 4) is 0 Å². The van der Waals surface area contributed by atoms with Crippen LogP contribution in [0.4, 0.5) is 4.39 Å². The van der Waals surface area contributed by atoms with Crippen LogP contribution in [0.25, 0.3) is 0 Å². The Hall–Kier alpha value is -1.66. The third-order valence-corrected chi connectivity index (χ3v) is 6.41. The Morgan fingerprint density at radius 1 is 1.18 bits per heavy atom. The van der Waals surface area contributed by atoms with Gasteiger partial charge in [-0.3, -0.25) is 4.99 Å². The van der Waals surface area contributed by atoms with Gasteiger partial charge >= 0.3 is 0 Å². The number of hydrogen-bond acceptors (Lipinski definition) is 3. The number of halogens is 1. The van der Waals surface area contributed by atoms with Crippen molar-refractivity contribution in [2.75, 3.05) is 39.4 Å². The van der Waals surface area contributed by atoms with E-state index in [2.05, 4.69) is 17.1 Å². The van der Waals surface area contributed by atoms with Crippen LogP contribution < -0.4 is 5.32 Å². The van der Waals surface area contributed by atoms with E-state index >= 15 is 0 Å². The molecule has 1 aliphatic carbocycles. The van der Waals surface area contributed by atoms with Gasteiger partial charge in [0, 0.05) is 31.7 Å². The second-order valence-electron chi connectivity index (χ2n) is 8.22. The first-order chi connectivity index (χ1) is 13.7. The van der Waals surface area contributed by atoms with Gasteiger partial charge in [0.15, 0.2) is 5.96 Å². The van der Waals surface area contributed by atoms with Crippen molar-refractivity contribution in [3.63, 3.8) is 0 Å². The van der Waals surface area contributed by atoms with Crippen LogP contribution in [-0.4, -0.2) is 62.5 Å². The Balaban J connectivity index is 1.47. The zero-order valence-electron chi connectivity index (χ0n) is 16.8. The predicted octanol–water partition coefficient (Wildman–Crippen LogP) is 3.09. The molecule has 0 aromatic heterocycles. The summed E-state index contributed by atoms with van der Waals surface area (Å²) in [5.41, 5.74) is 1.26. The Kier molecular flexibility index (Phi) is 6.16. The van der Waals surface area contributed by atoms with Crippen molar-refractivity contribution in [3.05, 3.63) is 35.6 Å². The number of rotatable bonds is 5. The zero-order valence-corrected chi connectivity index (χ0v) is 16.8. The topological polar surface area (TPSA) is 46.1 Å². The molecule has 5 nitrogen and oxygen atoms in total. The number of nitrogens with one attached hydrogen (secondary N) is 1. The monoisotopic (exact) mass is 389 g/mol. The third kappa shape index (κ3) is 4.18. The minimum atomic E-state index is -0.177. The molecular weight excluding hydrogens is 357 g/mol. The van der Waals surface area contributed by atoms with E-state index in [1.165, 1.54) is 12.0 Å². The lowest BCUT2D eigenvalue weighted by molar-refractivity contribution is -0.0817. The maximum atomic E-state index is 13.4. The van der Waals surface area contributed by atoms with E-state index < -0.39 is 0 Å². The molecule has 2 heterocycles. The number of hydrogen-bond donors (Lipinski definition) is 1. The SMILES string of the molecule is CCNC(=NCC1(c2ccc(F)cc2)CCC1)N1CCOC(C2CCCO2)C1. The largest absolute Gasteiger partial charge is 0.375 e. The predicted molar refractivity (Wildman–Crippen MR) is 108 cm³/mol. The van der Waals surface area contributed by atoms with Gasteiger partial charge in [0.2, 0.25) is 0 Å². The van der Waals surface area contributed by atoms with Crippen molar-refractivity contribution >= 4 is 5.96 Å². The smallest absolute Gasteiger partial charge is 0.194 e. The van der Waals surface area contributed by atoms with Gasteiger partial charge in [0.1, 0.15) is 11.9 Å². The number of nitrogens with zero attached hydrogens (tertiary/aromatic N) is 2. The molecule has 1 aromatic rings. The summed E-state index contributed by atoms with van der Waals surface area (Å²) >= 11 is 0. The summed E-state index contributed by atoms with van der Waals surface area (Å²) < 4.78 is 25.2. The van der Waals surface area contributed by atoms with E-state index in [1.807, 2.05) is 12.1 Å². The van der Waals surface area contributed by atoms with Gasteiger partial charge in [-0.1, -0.05) is 18.6 Å². The number of ether oxygens (including phenoxy) is 2. The standard InChI is InChI=1S/C22H32FN3O2/c1-2-24-21(26-12-14-28-20(15-26)19-5-3-13-27-19)25-16-22(10-4-11-22)17-6-8-18(23)9-7-17/h6-9,19-20H,2-5,10-16H2,1H3,(H,24,25). The zero-order chi connectivity index (χ0) is 19.4. The van der Waals surface area contributed by atoms with Crippen molar-refractivity contribution in [1.82, 2.24) is 10.2 Å². The molecule has 2 saturated heterocycles. The summed E-state index contributed by atoms with van der Waals surface area (Å²) in [6, 6.07) is 7.00. The fraction of sp³-hybridized carbons (Fsp3) is 0.682. The summed E-state index contributed by atoms with van der Waals surface area (Å²) in [6.07, 6.45) is 5.98. The minimum Gasteiger partial charge on any atom is -0.375 e. The molecule has 3 fully saturated rings. The quantitative estimate of drug-likeness (QED) is 0.621. The highest BCUT2D eigenvalue weighted by molar-refractivity contribution is 5.80. The van der Waals surface area contributed by atoms with E-state index in [0.717, 1.165) is 64.4 Å². The van der Waals surface area contributed by atoms with Crippen LogP contribution in [0.1, 0.15) is 44.6 Å². The highest BCUT2D eigenvalue weighted by Crippen LogP contribution is 2.44. The number of benzene rings is 1. The van der Waals surface area contributed by atoms with Gasteiger partial charge < -0.3 is 19.7 Å². The normalized spacial score (nSPS) is 27.5. The second-order valence-corrected chi connectivity index (χ2v) is 8.22. The first-order valence-corrected chi connectivity index (χ1v) is 10.7. The van der Waals surface area contributed by atoms with Gasteiger partial charge in [-0.2, -0.15) is 0 Å². The van der Waals surface area contributed by atoms with Gasteiger partial charge in [0.25, 0.3) is 0 Å². The molecule has 154 valence electrons. The molecule has 0 spiro atoms. The van der Waals surface area contributed by atoms with Crippen LogP contribution in [0.2, 0.25) is 0 Å². The summed E-state index contributed by atoms with van der Waals surface area (Å²) in [4.78, 5) is 7.35. The molecule has 0 amide bonds. The average Bonchev–Trinajstić information content (AvgIpc) is 3.22. The van der Waals surface area contributed by atoms with Crippen LogP contribution in [0, 0.1) is 5.82 Å². The molecule has 1 saturated carbocycles. The van der Waals surface area contributed by atoms with Crippen molar-refractivity contribution in [1.29, 1.82) is 0 Å². The molecule has 6 heteroatoms. The fourth-order valence-corrected chi connectivity index (χ4v) is 4.59. The van der Waals surface area contributed by atoms with E-state index in [9.17, 15) is 4.39 Å². The average molecular weight is 390 g/mol. The molecule has 3 aliphatic rings. The highest BCUT2D eigenvalue weighted by Gasteiger charge is 2.39. The van der Waals surface area contributed by atoms with Crippen molar-refractivity contribution in [2.45, 2.75) is 56.7 Å². The minimum absolute atomic E-state index is 0.0502. The van der Waals surface area contributed by atoms with Gasteiger partial charge in [0.05, 0.1) is 19.3 Å². The first kappa shape index (κ1) is 19.6. The van der Waals surface area contributed by atoms with E-state index in [4.69, 9.17) is 14.5 Å². The summed E-state index contributed by atoms with van der Waals surface area (Å²) in [6.45, 7) is 6.90. The number of aliphatic imine (C=N–C) groups is 1. The lowest BCUT2D eigenvalue weighted by Crippen LogP contribution is -2.53. The first-order valence-electron chi connectivity index (χ1n) is 10.7. The van der Waals surface area contributed by atoms with E-state index in [0.29, 0.717) is 6.61 Å². The second kappa shape index (κ2) is 8.78. The molecule has 2 atom stereocenters. The maximum Gasteiger partial charge on any atom is 0.194 e. The molecule has 2 aliphatic heterocycles. The fourth-order valence-electron chi connectivity index (χ4n) is 4.59. The third-order valence-electron chi connectivity index (χ3n) is 6.41.